The average molecular weight is 492 g/mol. The third kappa shape index (κ3) is 5.72. The van der Waals surface area contributed by atoms with E-state index in [1.165, 1.54) is 6.07 Å². The molecule has 2 aromatic carbocycles. The van der Waals surface area contributed by atoms with E-state index in [0.29, 0.717) is 27.2 Å². The molecular formula is C19H15Cl3F2N4OS. The normalized spacial score (nSPS) is 10.9. The van der Waals surface area contributed by atoms with Crippen LogP contribution in [0.5, 0.6) is 5.75 Å². The topological polar surface area (TPSA) is 51.1 Å². The highest BCUT2D eigenvalue weighted by molar-refractivity contribution is 7.80. The molecule has 0 saturated heterocycles. The van der Waals surface area contributed by atoms with E-state index in [1.54, 1.807) is 48.1 Å². The van der Waals surface area contributed by atoms with Crippen LogP contribution < -0.4 is 15.4 Å². The number of nitrogens with one attached hydrogen (secondary N) is 2. The summed E-state index contributed by atoms with van der Waals surface area (Å²) in [5.41, 5.74) is 1.73. The van der Waals surface area contributed by atoms with Gasteiger partial charge in [-0.05, 0) is 49.0 Å². The number of hydrogen-bond donors (Lipinski definition) is 2. The fourth-order valence-corrected chi connectivity index (χ4v) is 3.52. The minimum Gasteiger partial charge on any atom is -0.433 e. The Hall–Kier alpha value is -2.13. The van der Waals surface area contributed by atoms with Crippen molar-refractivity contribution < 1.29 is 13.5 Å². The fraction of sp³-hybridized carbons (Fsp3) is 0.158. The molecule has 2 N–H and O–H groups in total. The Labute approximate surface area is 191 Å². The standard InChI is InChI=1S/C19H15Cl3F2N4OS/c1-10-5-6-15(16(7-10)29-18(23)24)25-19(30)26-17-14(22)9-28(27-17)8-11-12(20)3-2-4-13(11)21/h2-7,9,18H,8H2,1H3,(H2,25,26,27,30). The number of alkyl halides is 2. The monoisotopic (exact) mass is 490 g/mol. The van der Waals surface area contributed by atoms with E-state index in [2.05, 4.69) is 20.5 Å². The van der Waals surface area contributed by atoms with Crippen LogP contribution in [-0.2, 0) is 6.54 Å². The summed E-state index contributed by atoms with van der Waals surface area (Å²) in [6.45, 7) is -0.906. The van der Waals surface area contributed by atoms with Gasteiger partial charge in [0.1, 0.15) is 10.8 Å². The van der Waals surface area contributed by atoms with Crippen molar-refractivity contribution in [3.63, 3.8) is 0 Å². The molecule has 0 unspecified atom stereocenters. The highest BCUT2D eigenvalue weighted by Crippen LogP contribution is 2.29. The lowest BCUT2D eigenvalue weighted by molar-refractivity contribution is -0.0493. The van der Waals surface area contributed by atoms with Crippen LogP contribution in [0.25, 0.3) is 0 Å². The SMILES string of the molecule is Cc1ccc(NC(=S)Nc2nn(Cc3c(Cl)cccc3Cl)cc2Cl)c(OC(F)F)c1. The predicted octanol–water partition coefficient (Wildman–Crippen LogP) is 6.61. The van der Waals surface area contributed by atoms with Crippen LogP contribution in [0.2, 0.25) is 15.1 Å². The van der Waals surface area contributed by atoms with Crippen molar-refractivity contribution in [3.05, 3.63) is 68.8 Å². The summed E-state index contributed by atoms with van der Waals surface area (Å²) in [6, 6.07) is 10.0. The zero-order chi connectivity index (χ0) is 21.8. The summed E-state index contributed by atoms with van der Waals surface area (Å²) < 4.78 is 31.4. The van der Waals surface area contributed by atoms with Gasteiger partial charge in [-0.15, -0.1) is 0 Å². The Morgan fingerprint density at radius 1 is 1.13 bits per heavy atom. The molecule has 0 radical (unpaired) electrons. The van der Waals surface area contributed by atoms with Crippen molar-refractivity contribution in [2.24, 2.45) is 0 Å². The number of aryl methyl sites for hydroxylation is 1. The zero-order valence-electron chi connectivity index (χ0n) is 15.4. The number of aromatic nitrogens is 2. The Bertz CT molecular complexity index is 1060. The number of nitrogens with zero attached hydrogens (tertiary/aromatic N) is 2. The van der Waals surface area contributed by atoms with Gasteiger partial charge in [0.15, 0.2) is 10.9 Å². The van der Waals surface area contributed by atoms with Crippen LogP contribution >= 0.6 is 47.0 Å². The molecule has 1 heterocycles. The number of benzene rings is 2. The average Bonchev–Trinajstić information content (AvgIpc) is 2.99. The van der Waals surface area contributed by atoms with E-state index < -0.39 is 6.61 Å². The predicted molar refractivity (Wildman–Crippen MR) is 120 cm³/mol. The van der Waals surface area contributed by atoms with Gasteiger partial charge < -0.3 is 15.4 Å². The number of rotatable bonds is 6. The van der Waals surface area contributed by atoms with Crippen LogP contribution in [-0.4, -0.2) is 21.5 Å². The van der Waals surface area contributed by atoms with E-state index in [-0.39, 0.29) is 22.4 Å². The van der Waals surface area contributed by atoms with Crippen LogP contribution in [0.3, 0.4) is 0 Å². The molecule has 0 bridgehead atoms. The smallest absolute Gasteiger partial charge is 0.387 e. The first-order valence-electron chi connectivity index (χ1n) is 8.52. The van der Waals surface area contributed by atoms with E-state index in [1.807, 2.05) is 0 Å². The Kier molecular flexibility index (Phi) is 7.36. The Balaban J connectivity index is 1.72. The summed E-state index contributed by atoms with van der Waals surface area (Å²) >= 11 is 23.9. The molecular weight excluding hydrogens is 477 g/mol. The lowest BCUT2D eigenvalue weighted by Crippen LogP contribution is -2.20. The van der Waals surface area contributed by atoms with Gasteiger partial charge in [0, 0.05) is 21.8 Å². The molecule has 0 atom stereocenters. The van der Waals surface area contributed by atoms with Gasteiger partial charge in [0.05, 0.1) is 12.2 Å². The van der Waals surface area contributed by atoms with Gasteiger partial charge in [0.2, 0.25) is 0 Å². The molecule has 0 spiro atoms. The first kappa shape index (κ1) is 22.6. The molecule has 30 heavy (non-hydrogen) atoms. The minimum atomic E-state index is -2.96. The van der Waals surface area contributed by atoms with Crippen LogP contribution in [0.1, 0.15) is 11.1 Å². The maximum Gasteiger partial charge on any atom is 0.387 e. The lowest BCUT2D eigenvalue weighted by Gasteiger charge is -2.14. The van der Waals surface area contributed by atoms with E-state index in [4.69, 9.17) is 47.0 Å². The highest BCUT2D eigenvalue weighted by atomic mass is 35.5. The van der Waals surface area contributed by atoms with Crippen molar-refractivity contribution in [2.45, 2.75) is 20.1 Å². The summed E-state index contributed by atoms with van der Waals surface area (Å²) in [5, 5.41) is 11.4. The number of anilines is 2. The number of thiocarbonyl (C=S) groups is 1. The molecule has 11 heteroatoms. The van der Waals surface area contributed by atoms with Crippen molar-refractivity contribution in [2.75, 3.05) is 10.6 Å². The zero-order valence-corrected chi connectivity index (χ0v) is 18.5. The third-order valence-electron chi connectivity index (χ3n) is 3.93. The molecule has 0 fully saturated rings. The van der Waals surface area contributed by atoms with Crippen molar-refractivity contribution >= 4 is 63.6 Å². The highest BCUT2D eigenvalue weighted by Gasteiger charge is 2.14. The fourth-order valence-electron chi connectivity index (χ4n) is 2.60. The van der Waals surface area contributed by atoms with Crippen molar-refractivity contribution in [3.8, 4) is 5.75 Å². The van der Waals surface area contributed by atoms with Gasteiger partial charge in [-0.3, -0.25) is 4.68 Å². The van der Waals surface area contributed by atoms with E-state index in [0.717, 1.165) is 5.56 Å². The van der Waals surface area contributed by atoms with Gasteiger partial charge in [-0.1, -0.05) is 46.9 Å². The summed E-state index contributed by atoms with van der Waals surface area (Å²) in [7, 11) is 0. The Morgan fingerprint density at radius 2 is 1.83 bits per heavy atom. The molecule has 0 aliphatic heterocycles. The second kappa shape index (κ2) is 9.78. The largest absolute Gasteiger partial charge is 0.433 e. The van der Waals surface area contributed by atoms with E-state index >= 15 is 0 Å². The molecule has 3 rings (SSSR count). The van der Waals surface area contributed by atoms with Crippen LogP contribution in [0.15, 0.2) is 42.6 Å². The summed E-state index contributed by atoms with van der Waals surface area (Å²) in [6.07, 6.45) is 1.59. The first-order chi connectivity index (χ1) is 14.2. The van der Waals surface area contributed by atoms with Crippen molar-refractivity contribution in [1.82, 2.24) is 9.78 Å². The maximum atomic E-state index is 12.7. The molecule has 3 aromatic rings. The molecule has 1 aromatic heterocycles. The quantitative estimate of drug-likeness (QED) is 0.380. The summed E-state index contributed by atoms with van der Waals surface area (Å²) in [4.78, 5) is 0. The third-order valence-corrected chi connectivity index (χ3v) is 5.12. The molecule has 0 amide bonds. The van der Waals surface area contributed by atoms with Gasteiger partial charge in [0.25, 0.3) is 0 Å². The van der Waals surface area contributed by atoms with Crippen LogP contribution in [0, 0.1) is 6.92 Å². The number of hydrogen-bond acceptors (Lipinski definition) is 3. The molecule has 0 aliphatic rings. The van der Waals surface area contributed by atoms with Gasteiger partial charge in [-0.25, -0.2) is 0 Å². The van der Waals surface area contributed by atoms with Gasteiger partial charge in [-0.2, -0.15) is 13.9 Å². The first-order valence-corrected chi connectivity index (χ1v) is 10.1. The number of halogens is 5. The maximum absolute atomic E-state index is 12.7. The molecule has 0 aliphatic carbocycles. The molecule has 5 nitrogen and oxygen atoms in total. The Morgan fingerprint density at radius 3 is 2.50 bits per heavy atom. The second-order valence-electron chi connectivity index (χ2n) is 6.18. The number of ether oxygens (including phenoxy) is 1. The second-order valence-corrected chi connectivity index (χ2v) is 7.81. The van der Waals surface area contributed by atoms with Crippen molar-refractivity contribution in [1.29, 1.82) is 0 Å². The summed E-state index contributed by atoms with van der Waals surface area (Å²) in [5.74, 6) is 0.250. The molecule has 0 saturated carbocycles. The minimum absolute atomic E-state index is 0.0286. The lowest BCUT2D eigenvalue weighted by atomic mass is 10.2. The molecule has 158 valence electrons. The van der Waals surface area contributed by atoms with Gasteiger partial charge >= 0.3 is 6.61 Å². The van der Waals surface area contributed by atoms with Crippen LogP contribution in [0.4, 0.5) is 20.3 Å². The van der Waals surface area contributed by atoms with E-state index in [9.17, 15) is 8.78 Å².